The summed E-state index contributed by atoms with van der Waals surface area (Å²) in [6, 6.07) is 2.31. The highest BCUT2D eigenvalue weighted by Gasteiger charge is 2.20. The Bertz CT molecular complexity index is 617. The second-order valence-corrected chi connectivity index (χ2v) is 7.39. The molecule has 0 amide bonds. The lowest BCUT2D eigenvalue weighted by Crippen LogP contribution is -2.44. The van der Waals surface area contributed by atoms with Crippen molar-refractivity contribution in [2.24, 2.45) is 0 Å². The van der Waals surface area contributed by atoms with Crippen LogP contribution in [0, 0.1) is 0 Å². The zero-order valence-corrected chi connectivity index (χ0v) is 14.6. The quantitative estimate of drug-likeness (QED) is 0.638. The van der Waals surface area contributed by atoms with Gasteiger partial charge in [-0.3, -0.25) is 0 Å². The predicted molar refractivity (Wildman–Crippen MR) is 92.9 cm³/mol. The van der Waals surface area contributed by atoms with Crippen molar-refractivity contribution in [1.29, 1.82) is 0 Å². The number of rotatable bonds is 4. The molecule has 2 aromatic heterocycles. The van der Waals surface area contributed by atoms with E-state index in [1.165, 1.54) is 16.7 Å². The highest BCUT2D eigenvalue weighted by molar-refractivity contribution is 7.98. The predicted octanol–water partition coefficient (Wildman–Crippen LogP) is 3.12. The van der Waals surface area contributed by atoms with Crippen LogP contribution >= 0.6 is 23.1 Å². The number of hydrogen-bond acceptors (Lipinski definition) is 6. The highest BCUT2D eigenvalue weighted by Crippen LogP contribution is 2.33. The van der Waals surface area contributed by atoms with E-state index in [9.17, 15) is 0 Å². The van der Waals surface area contributed by atoms with Gasteiger partial charge >= 0.3 is 0 Å². The number of anilines is 1. The molecule has 4 nitrogen and oxygen atoms in total. The summed E-state index contributed by atoms with van der Waals surface area (Å²) >= 11 is 3.46. The van der Waals surface area contributed by atoms with Crippen LogP contribution in [0.4, 0.5) is 5.82 Å². The van der Waals surface area contributed by atoms with E-state index in [0.29, 0.717) is 0 Å². The number of likely N-dealkylation sites (N-methyl/N-ethyl adjacent to an activating group) is 1. The van der Waals surface area contributed by atoms with E-state index in [0.717, 1.165) is 48.4 Å². The number of hydrogen-bond donors (Lipinski definition) is 0. The summed E-state index contributed by atoms with van der Waals surface area (Å²) in [6.45, 7) is 6.54. The van der Waals surface area contributed by atoms with Gasteiger partial charge in [-0.05, 0) is 25.8 Å². The monoisotopic (exact) mass is 322 g/mol. The van der Waals surface area contributed by atoms with E-state index in [1.807, 2.05) is 11.3 Å². The average Bonchev–Trinajstić information content (AvgIpc) is 2.90. The van der Waals surface area contributed by atoms with E-state index >= 15 is 0 Å². The third-order valence-electron chi connectivity index (χ3n) is 3.88. The van der Waals surface area contributed by atoms with Crippen LogP contribution in [0.5, 0.6) is 0 Å². The summed E-state index contributed by atoms with van der Waals surface area (Å²) in [5.41, 5.74) is 0. The van der Waals surface area contributed by atoms with Crippen LogP contribution in [0.25, 0.3) is 10.2 Å². The van der Waals surface area contributed by atoms with Gasteiger partial charge in [0.2, 0.25) is 0 Å². The summed E-state index contributed by atoms with van der Waals surface area (Å²) in [6.07, 6.45) is 4.37. The fourth-order valence-electron chi connectivity index (χ4n) is 2.66. The van der Waals surface area contributed by atoms with Crippen molar-refractivity contribution in [3.8, 4) is 0 Å². The van der Waals surface area contributed by atoms with Gasteiger partial charge in [0.05, 0.1) is 5.39 Å². The molecule has 3 heterocycles. The molecule has 1 aliphatic rings. The topological polar surface area (TPSA) is 32.3 Å². The molecule has 1 saturated heterocycles. The molecule has 2 aromatic rings. The lowest BCUT2D eigenvalue weighted by molar-refractivity contribution is 0.312. The van der Waals surface area contributed by atoms with Gasteiger partial charge in [-0.1, -0.05) is 25.1 Å². The smallest absolute Gasteiger partial charge is 0.190 e. The van der Waals surface area contributed by atoms with Crippen LogP contribution < -0.4 is 4.90 Å². The molecule has 1 aliphatic heterocycles. The summed E-state index contributed by atoms with van der Waals surface area (Å²) in [4.78, 5) is 16.9. The van der Waals surface area contributed by atoms with E-state index in [4.69, 9.17) is 9.97 Å². The van der Waals surface area contributed by atoms with E-state index < -0.39 is 0 Å². The van der Waals surface area contributed by atoms with Crippen LogP contribution in [0.2, 0.25) is 0 Å². The number of thioether (sulfide) groups is 1. The van der Waals surface area contributed by atoms with Crippen molar-refractivity contribution in [1.82, 2.24) is 14.9 Å². The van der Waals surface area contributed by atoms with Gasteiger partial charge in [-0.2, -0.15) is 0 Å². The zero-order valence-electron chi connectivity index (χ0n) is 12.9. The molecule has 0 radical (unpaired) electrons. The van der Waals surface area contributed by atoms with Gasteiger partial charge in [0.15, 0.2) is 5.16 Å². The summed E-state index contributed by atoms with van der Waals surface area (Å²) in [5.74, 6) is 1.14. The van der Waals surface area contributed by atoms with Gasteiger partial charge in [0, 0.05) is 31.1 Å². The zero-order chi connectivity index (χ0) is 14.8. The molecule has 1 fully saturated rings. The molecular formula is C15H22N4S2. The number of nitrogens with zero attached hydrogens (tertiary/aromatic N) is 4. The van der Waals surface area contributed by atoms with Gasteiger partial charge in [0.25, 0.3) is 0 Å². The summed E-state index contributed by atoms with van der Waals surface area (Å²) in [5, 5.41) is 2.13. The Balaban J connectivity index is 2.02. The minimum absolute atomic E-state index is 0.890. The molecule has 3 rings (SSSR count). The Labute approximate surface area is 134 Å². The first-order chi connectivity index (χ1) is 10.2. The summed E-state index contributed by atoms with van der Waals surface area (Å²) < 4.78 is 0. The largest absolute Gasteiger partial charge is 0.353 e. The van der Waals surface area contributed by atoms with Crippen molar-refractivity contribution >= 4 is 39.1 Å². The maximum absolute atomic E-state index is 4.81. The van der Waals surface area contributed by atoms with E-state index in [1.54, 1.807) is 11.8 Å². The van der Waals surface area contributed by atoms with Crippen LogP contribution in [0.15, 0.2) is 11.2 Å². The Morgan fingerprint density at radius 2 is 2.00 bits per heavy atom. The van der Waals surface area contributed by atoms with Crippen LogP contribution in [0.3, 0.4) is 0 Å². The number of fused-ring (bicyclic) bond motifs is 1. The first kappa shape index (κ1) is 15.1. The van der Waals surface area contributed by atoms with Gasteiger partial charge in [-0.25, -0.2) is 9.97 Å². The van der Waals surface area contributed by atoms with Gasteiger partial charge in [0.1, 0.15) is 10.6 Å². The minimum Gasteiger partial charge on any atom is -0.353 e. The lowest BCUT2D eigenvalue weighted by atomic mass is 10.2. The van der Waals surface area contributed by atoms with Crippen molar-refractivity contribution < 1.29 is 0 Å². The lowest BCUT2D eigenvalue weighted by Gasteiger charge is -2.33. The van der Waals surface area contributed by atoms with Crippen molar-refractivity contribution in [2.75, 3.05) is 44.4 Å². The van der Waals surface area contributed by atoms with Crippen LogP contribution in [-0.2, 0) is 6.42 Å². The maximum atomic E-state index is 4.81. The first-order valence-electron chi connectivity index (χ1n) is 7.49. The number of aryl methyl sites for hydroxylation is 1. The normalized spacial score (nSPS) is 16.8. The van der Waals surface area contributed by atoms with Crippen LogP contribution in [-0.4, -0.2) is 54.4 Å². The Kier molecular flexibility index (Phi) is 4.66. The van der Waals surface area contributed by atoms with Crippen molar-refractivity contribution in [3.05, 3.63) is 10.9 Å². The minimum atomic E-state index is 0.890. The van der Waals surface area contributed by atoms with E-state index in [-0.39, 0.29) is 0 Å². The second-order valence-electron chi connectivity index (χ2n) is 5.51. The average molecular weight is 323 g/mol. The molecule has 6 heteroatoms. The molecule has 0 aromatic carbocycles. The standard InChI is InChI=1S/C15H22N4S2/c1-4-5-11-10-12-13(19-8-6-18(2)7-9-19)16-15(20-3)17-14(12)21-11/h10H,4-9H2,1-3H3. The third kappa shape index (κ3) is 3.17. The number of thiophene rings is 1. The molecule has 0 bridgehead atoms. The molecule has 0 N–H and O–H groups in total. The summed E-state index contributed by atoms with van der Waals surface area (Å²) in [7, 11) is 2.18. The number of aromatic nitrogens is 2. The Morgan fingerprint density at radius 1 is 1.24 bits per heavy atom. The Morgan fingerprint density at radius 3 is 2.67 bits per heavy atom. The highest BCUT2D eigenvalue weighted by atomic mass is 32.2. The fraction of sp³-hybridized carbons (Fsp3) is 0.600. The molecule has 0 aliphatic carbocycles. The Hall–Kier alpha value is -0.850. The fourth-order valence-corrected chi connectivity index (χ4v) is 4.20. The molecule has 114 valence electrons. The van der Waals surface area contributed by atoms with Crippen molar-refractivity contribution in [2.45, 2.75) is 24.9 Å². The molecule has 0 unspecified atom stereocenters. The molecule has 0 atom stereocenters. The van der Waals surface area contributed by atoms with Crippen LogP contribution in [0.1, 0.15) is 18.2 Å². The SMILES string of the molecule is CCCc1cc2c(N3CCN(C)CC3)nc(SC)nc2s1. The van der Waals surface area contributed by atoms with Gasteiger partial charge < -0.3 is 9.80 Å². The number of piperazine rings is 1. The molecule has 0 spiro atoms. The van der Waals surface area contributed by atoms with E-state index in [2.05, 4.69) is 36.1 Å². The molecule has 21 heavy (non-hydrogen) atoms. The van der Waals surface area contributed by atoms with Gasteiger partial charge in [-0.15, -0.1) is 11.3 Å². The second kappa shape index (κ2) is 6.50. The maximum Gasteiger partial charge on any atom is 0.190 e. The molecular weight excluding hydrogens is 300 g/mol. The third-order valence-corrected chi connectivity index (χ3v) is 5.52. The first-order valence-corrected chi connectivity index (χ1v) is 9.53. The van der Waals surface area contributed by atoms with Crippen molar-refractivity contribution in [3.63, 3.8) is 0 Å². The molecule has 0 saturated carbocycles.